The number of ether oxygens (including phenoxy) is 1. The van der Waals surface area contributed by atoms with E-state index in [1.165, 1.54) is 23.1 Å². The molecule has 1 N–H and O–H groups in total. The Labute approximate surface area is 223 Å². The fourth-order valence-electron chi connectivity index (χ4n) is 7.07. The third kappa shape index (κ3) is 4.83. The maximum absolute atomic E-state index is 13.7. The van der Waals surface area contributed by atoms with Crippen LogP contribution in [0.2, 0.25) is 0 Å². The molecular formula is C30H38BrNO4. The number of hydrogen-bond donors (Lipinski definition) is 1. The molecule has 0 radical (unpaired) electrons. The van der Waals surface area contributed by atoms with E-state index in [1.54, 1.807) is 11.0 Å². The molecule has 5 nitrogen and oxygen atoms in total. The summed E-state index contributed by atoms with van der Waals surface area (Å²) < 4.78 is 7.30. The van der Waals surface area contributed by atoms with Gasteiger partial charge in [0.1, 0.15) is 5.75 Å². The van der Waals surface area contributed by atoms with Gasteiger partial charge in [-0.15, -0.1) is 0 Å². The fraction of sp³-hybridized carbons (Fsp3) is 0.600. The molecule has 2 aliphatic carbocycles. The smallest absolute Gasteiger partial charge is 0.234 e. The second-order valence-corrected chi connectivity index (χ2v) is 12.1. The van der Waals surface area contributed by atoms with E-state index in [4.69, 9.17) is 4.74 Å². The van der Waals surface area contributed by atoms with Crippen molar-refractivity contribution in [3.63, 3.8) is 0 Å². The van der Waals surface area contributed by atoms with Gasteiger partial charge in [0.05, 0.1) is 24.5 Å². The number of rotatable bonds is 7. The summed E-state index contributed by atoms with van der Waals surface area (Å²) in [6, 6.07) is 5.55. The second-order valence-electron chi connectivity index (χ2n) is 11.1. The molecule has 0 spiro atoms. The molecule has 1 saturated carbocycles. The van der Waals surface area contributed by atoms with Crippen LogP contribution in [-0.4, -0.2) is 40.6 Å². The van der Waals surface area contributed by atoms with Crippen LogP contribution in [0.4, 0.5) is 0 Å². The number of halogens is 1. The Hall–Kier alpha value is -1.92. The number of benzene rings is 1. The highest BCUT2D eigenvalue weighted by molar-refractivity contribution is 9.10. The normalized spacial score (nSPS) is 29.2. The van der Waals surface area contributed by atoms with Crippen LogP contribution in [0.5, 0.6) is 5.75 Å². The van der Waals surface area contributed by atoms with E-state index in [0.717, 1.165) is 67.8 Å². The van der Waals surface area contributed by atoms with E-state index >= 15 is 0 Å². The summed E-state index contributed by atoms with van der Waals surface area (Å²) in [6.45, 7) is 4.82. The van der Waals surface area contributed by atoms with E-state index in [-0.39, 0.29) is 47.5 Å². The Morgan fingerprint density at radius 2 is 1.94 bits per heavy atom. The van der Waals surface area contributed by atoms with Crippen molar-refractivity contribution < 1.29 is 19.4 Å². The van der Waals surface area contributed by atoms with Crippen LogP contribution in [0.15, 0.2) is 39.4 Å². The molecule has 194 valence electrons. The first-order valence-corrected chi connectivity index (χ1v) is 14.5. The molecule has 2 amide bonds. The highest BCUT2D eigenvalue weighted by Gasteiger charge is 2.57. The Morgan fingerprint density at radius 3 is 2.69 bits per heavy atom. The summed E-state index contributed by atoms with van der Waals surface area (Å²) >= 11 is 3.48. The van der Waals surface area contributed by atoms with Gasteiger partial charge in [-0.2, -0.15) is 0 Å². The van der Waals surface area contributed by atoms with Crippen LogP contribution >= 0.6 is 15.9 Å². The van der Waals surface area contributed by atoms with Crippen molar-refractivity contribution in [2.45, 2.75) is 90.2 Å². The molecule has 36 heavy (non-hydrogen) atoms. The van der Waals surface area contributed by atoms with Gasteiger partial charge in [0.2, 0.25) is 11.8 Å². The minimum Gasteiger partial charge on any atom is -0.507 e. The zero-order valence-corrected chi connectivity index (χ0v) is 23.1. The van der Waals surface area contributed by atoms with Crippen molar-refractivity contribution in [1.82, 2.24) is 4.90 Å². The van der Waals surface area contributed by atoms with Gasteiger partial charge in [-0.05, 0) is 69.2 Å². The number of likely N-dealkylation sites (tertiary alicyclic amines) is 1. The van der Waals surface area contributed by atoms with Crippen LogP contribution in [0.3, 0.4) is 0 Å². The van der Waals surface area contributed by atoms with Gasteiger partial charge in [0.25, 0.3) is 0 Å². The molecule has 3 fully saturated rings. The highest BCUT2D eigenvalue weighted by atomic mass is 79.9. The number of amides is 2. The molecule has 4 atom stereocenters. The molecule has 6 heteroatoms. The van der Waals surface area contributed by atoms with Crippen molar-refractivity contribution in [2.75, 3.05) is 6.61 Å². The van der Waals surface area contributed by atoms with Crippen molar-refractivity contribution in [1.29, 1.82) is 0 Å². The second kappa shape index (κ2) is 10.8. The van der Waals surface area contributed by atoms with Gasteiger partial charge in [-0.1, -0.05) is 65.8 Å². The van der Waals surface area contributed by atoms with Crippen LogP contribution in [0.25, 0.3) is 6.08 Å². The minimum atomic E-state index is -0.240. The quantitative estimate of drug-likeness (QED) is 0.297. The SMILES string of the molecule is CCCC1=C2[C@@H](CC/C(C)=C/c3cc(Br)ccc3O)OC[C@@H]2[C@@H]2C(=O)N(C3CCCCC3)C(=O)[C@@H]2C1. The lowest BCUT2D eigenvalue weighted by Crippen LogP contribution is -2.42. The molecule has 0 unspecified atom stereocenters. The molecule has 1 aromatic rings. The predicted octanol–water partition coefficient (Wildman–Crippen LogP) is 6.79. The zero-order valence-electron chi connectivity index (χ0n) is 21.5. The Morgan fingerprint density at radius 1 is 1.17 bits per heavy atom. The number of phenolic OH excluding ortho intramolecular Hbond substituents is 1. The summed E-state index contributed by atoms with van der Waals surface area (Å²) in [6.07, 6.45) is 11.8. The third-order valence-electron chi connectivity index (χ3n) is 8.73. The molecule has 1 aromatic carbocycles. The van der Waals surface area contributed by atoms with Gasteiger partial charge >= 0.3 is 0 Å². The Bertz CT molecular complexity index is 1090. The monoisotopic (exact) mass is 555 g/mol. The van der Waals surface area contributed by atoms with E-state index in [1.807, 2.05) is 18.2 Å². The van der Waals surface area contributed by atoms with Crippen LogP contribution < -0.4 is 0 Å². The number of fused-ring (bicyclic) bond motifs is 3. The van der Waals surface area contributed by atoms with Crippen molar-refractivity contribution in [2.24, 2.45) is 17.8 Å². The van der Waals surface area contributed by atoms with E-state index in [0.29, 0.717) is 6.61 Å². The van der Waals surface area contributed by atoms with E-state index in [9.17, 15) is 14.7 Å². The highest BCUT2D eigenvalue weighted by Crippen LogP contribution is 2.51. The topological polar surface area (TPSA) is 66.8 Å². The first-order valence-electron chi connectivity index (χ1n) is 13.7. The number of allylic oxidation sites excluding steroid dienone is 2. The number of carbonyl (C=O) groups excluding carboxylic acids is 2. The number of nitrogens with zero attached hydrogens (tertiary/aromatic N) is 1. The summed E-state index contributed by atoms with van der Waals surface area (Å²) in [5, 5.41) is 10.2. The molecule has 2 heterocycles. The van der Waals surface area contributed by atoms with Gasteiger partial charge in [-0.25, -0.2) is 0 Å². The standard InChI is InChI=1S/C30H38BrNO4/c1-3-7-19-16-23-28(30(35)32(29(23)34)22-8-5-4-6-9-22)24-17-36-26(27(19)24)13-10-18(2)14-20-15-21(31)11-12-25(20)33/h11-12,14-15,22-24,26,28,33H,3-10,13,16-17H2,1-2H3/b18-14+/t23-,24+,26-,28-/m1/s1. The predicted molar refractivity (Wildman–Crippen MR) is 144 cm³/mol. The van der Waals surface area contributed by atoms with Crippen LogP contribution in [0.1, 0.15) is 83.6 Å². The summed E-state index contributed by atoms with van der Waals surface area (Å²) in [5.74, 6) is 0.0289. The summed E-state index contributed by atoms with van der Waals surface area (Å²) in [4.78, 5) is 28.9. The largest absolute Gasteiger partial charge is 0.507 e. The van der Waals surface area contributed by atoms with Crippen molar-refractivity contribution in [3.8, 4) is 5.75 Å². The van der Waals surface area contributed by atoms with Gasteiger partial charge < -0.3 is 9.84 Å². The molecule has 0 bridgehead atoms. The van der Waals surface area contributed by atoms with Crippen molar-refractivity contribution >= 4 is 33.8 Å². The lowest BCUT2D eigenvalue weighted by atomic mass is 9.68. The van der Waals surface area contributed by atoms with E-state index < -0.39 is 0 Å². The van der Waals surface area contributed by atoms with E-state index in [2.05, 4.69) is 29.8 Å². The third-order valence-corrected chi connectivity index (χ3v) is 9.22. The zero-order chi connectivity index (χ0) is 25.4. The average Bonchev–Trinajstić information content (AvgIpc) is 3.39. The Balaban J connectivity index is 1.34. The molecule has 5 rings (SSSR count). The van der Waals surface area contributed by atoms with Crippen molar-refractivity contribution in [3.05, 3.63) is 45.0 Å². The summed E-state index contributed by atoms with van der Waals surface area (Å²) in [5.41, 5.74) is 4.67. The van der Waals surface area contributed by atoms with Gasteiger partial charge in [0, 0.05) is 22.0 Å². The Kier molecular flexibility index (Phi) is 7.73. The van der Waals surface area contributed by atoms with Crippen LogP contribution in [-0.2, 0) is 14.3 Å². The number of aromatic hydroxyl groups is 1. The maximum Gasteiger partial charge on any atom is 0.234 e. The maximum atomic E-state index is 13.7. The number of phenols is 1. The first kappa shape index (κ1) is 25.7. The van der Waals surface area contributed by atoms with Crippen LogP contribution in [0, 0.1) is 17.8 Å². The molecule has 4 aliphatic rings. The number of hydrogen-bond acceptors (Lipinski definition) is 4. The molecule has 0 aromatic heterocycles. The number of carbonyl (C=O) groups is 2. The molecule has 2 aliphatic heterocycles. The summed E-state index contributed by atoms with van der Waals surface area (Å²) in [7, 11) is 0. The molecule has 2 saturated heterocycles. The number of imide groups is 1. The minimum absolute atomic E-state index is 0.00332. The lowest BCUT2D eigenvalue weighted by molar-refractivity contribution is -0.143. The van der Waals surface area contributed by atoms with Gasteiger partial charge in [-0.3, -0.25) is 14.5 Å². The molecular weight excluding hydrogens is 518 g/mol. The lowest BCUT2D eigenvalue weighted by Gasteiger charge is -2.32. The fourth-order valence-corrected chi connectivity index (χ4v) is 7.45. The first-order chi connectivity index (χ1) is 17.4. The average molecular weight is 557 g/mol. The van der Waals surface area contributed by atoms with Gasteiger partial charge in [0.15, 0.2) is 0 Å².